The molecule has 0 saturated heterocycles. The van der Waals surface area contributed by atoms with E-state index in [1.165, 1.54) is 0 Å². The molecule has 20 nitrogen and oxygen atoms in total. The summed E-state index contributed by atoms with van der Waals surface area (Å²) in [4.78, 5) is 16.3. The fraction of sp³-hybridized carbons (Fsp3) is 0. The van der Waals surface area contributed by atoms with Crippen LogP contribution in [-0.4, -0.2) is 61.7 Å². The van der Waals surface area contributed by atoms with Gasteiger partial charge in [-0.05, 0) is 58.7 Å². The minimum atomic E-state index is -5.27. The Balaban J connectivity index is 0.00000756. The summed E-state index contributed by atoms with van der Waals surface area (Å²) in [6, 6.07) is 10.4. The third-order valence-corrected chi connectivity index (χ3v) is 10.2. The molecule has 28 heteroatoms. The summed E-state index contributed by atoms with van der Waals surface area (Å²) in [7, 11) is -21.0. The van der Waals surface area contributed by atoms with Gasteiger partial charge in [0.15, 0.2) is 0 Å². The Morgan fingerprint density at radius 3 is 0.875 bits per heavy atom. The van der Waals surface area contributed by atoms with E-state index in [4.69, 9.17) is 0 Å². The van der Waals surface area contributed by atoms with Crippen molar-refractivity contribution >= 4 is 87.5 Å². The Bertz CT molecular complexity index is 2530. The summed E-state index contributed by atoms with van der Waals surface area (Å²) >= 11 is 0. The van der Waals surface area contributed by atoms with E-state index >= 15 is 0 Å². The number of hydrogen-bond acceptors (Lipinski definition) is 18. The molecule has 0 bridgehead atoms. The average molecular weight is 885 g/mol. The maximum Gasteiger partial charge on any atom is 1.00 e. The molecule has 0 heterocycles. The smallest absolute Gasteiger partial charge is 0.744 e. The Morgan fingerprint density at radius 2 is 0.643 bits per heavy atom. The van der Waals surface area contributed by atoms with Gasteiger partial charge in [-0.3, -0.25) is 20.2 Å². The second kappa shape index (κ2) is 21.6. The van der Waals surface area contributed by atoms with Crippen LogP contribution in [0.4, 0.5) is 22.7 Å². The van der Waals surface area contributed by atoms with Crippen molar-refractivity contribution in [3.05, 3.63) is 115 Å². The van der Waals surface area contributed by atoms with Crippen molar-refractivity contribution in [3.8, 4) is 0 Å². The average Bonchev–Trinajstić information content (AvgIpc) is 3.03. The molecule has 0 saturated carbocycles. The molecule has 0 radical (unpaired) electrons. The number of azo groups is 1. The van der Waals surface area contributed by atoms with Gasteiger partial charge < -0.3 is 18.2 Å². The fourth-order valence-corrected chi connectivity index (χ4v) is 7.09. The van der Waals surface area contributed by atoms with Gasteiger partial charge in [-0.25, -0.2) is 33.7 Å². The van der Waals surface area contributed by atoms with Crippen molar-refractivity contribution in [2.24, 2.45) is 10.2 Å². The van der Waals surface area contributed by atoms with Crippen LogP contribution >= 0.6 is 0 Å². The van der Waals surface area contributed by atoms with Gasteiger partial charge in [-0.1, -0.05) is 36.4 Å². The monoisotopic (exact) mass is 884 g/mol. The van der Waals surface area contributed by atoms with Crippen LogP contribution in [0.1, 0.15) is 22.3 Å². The molecule has 0 aromatic heterocycles. The van der Waals surface area contributed by atoms with Gasteiger partial charge in [0.05, 0.1) is 40.8 Å². The molecule has 4 aromatic rings. The summed E-state index contributed by atoms with van der Waals surface area (Å²) in [6.07, 6.45) is 3.71. The van der Waals surface area contributed by atoms with Crippen LogP contribution < -0.4 is 118 Å². The van der Waals surface area contributed by atoms with E-state index in [-0.39, 0.29) is 152 Å². The van der Waals surface area contributed by atoms with E-state index in [0.717, 1.165) is 85.0 Å². The second-order valence-corrected chi connectivity index (χ2v) is 15.5. The van der Waals surface area contributed by atoms with Crippen LogP contribution in [0.15, 0.2) is 103 Å². The molecule has 272 valence electrons. The molecule has 4 aromatic carbocycles. The zero-order chi connectivity index (χ0) is 38.8. The first kappa shape index (κ1) is 54.4. The van der Waals surface area contributed by atoms with Crippen LogP contribution in [0.3, 0.4) is 0 Å². The fourth-order valence-electron chi connectivity index (χ4n) is 4.34. The molecule has 0 aliphatic carbocycles. The number of nitro benzene ring substituents is 2. The predicted octanol–water partition coefficient (Wildman–Crippen LogP) is -8.11. The topological polar surface area (TPSA) is 340 Å². The first-order valence-corrected chi connectivity index (χ1v) is 19.0. The molecule has 0 aliphatic heterocycles. The van der Waals surface area contributed by atoms with E-state index in [9.17, 15) is 72.1 Å². The molecule has 0 atom stereocenters. The minimum Gasteiger partial charge on any atom is -0.744 e. The number of benzene rings is 4. The quantitative estimate of drug-likeness (QED) is 0.0318. The summed E-state index contributed by atoms with van der Waals surface area (Å²) < 4.78 is 142. The van der Waals surface area contributed by atoms with Crippen LogP contribution in [0.5, 0.6) is 0 Å². The third kappa shape index (κ3) is 14.6. The van der Waals surface area contributed by atoms with Gasteiger partial charge in [-0.2, -0.15) is 10.2 Å². The van der Waals surface area contributed by atoms with E-state index < -0.39 is 81.3 Å². The first-order valence-electron chi connectivity index (χ1n) is 13.4. The third-order valence-electron chi connectivity index (χ3n) is 6.65. The Hall–Kier alpha value is -1.60. The number of rotatable bonds is 12. The van der Waals surface area contributed by atoms with E-state index in [1.54, 1.807) is 0 Å². The second-order valence-electron chi connectivity index (χ2n) is 10.1. The van der Waals surface area contributed by atoms with E-state index in [2.05, 4.69) is 10.2 Å². The van der Waals surface area contributed by atoms with Gasteiger partial charge in [0.1, 0.15) is 40.5 Å². The van der Waals surface area contributed by atoms with Gasteiger partial charge in [0, 0.05) is 24.3 Å². The van der Waals surface area contributed by atoms with Crippen LogP contribution in [0.25, 0.3) is 24.3 Å². The molecular weight excluding hydrogens is 869 g/mol. The Labute approximate surface area is 407 Å². The van der Waals surface area contributed by atoms with E-state index in [0.29, 0.717) is 12.1 Å². The van der Waals surface area contributed by atoms with Crippen molar-refractivity contribution in [2.75, 3.05) is 0 Å². The predicted molar refractivity (Wildman–Crippen MR) is 173 cm³/mol. The number of nitrogens with zero attached hydrogens (tertiary/aromatic N) is 4. The van der Waals surface area contributed by atoms with Gasteiger partial charge in [-0.15, -0.1) is 0 Å². The largest absolute Gasteiger partial charge is 1.00 e. The summed E-state index contributed by atoms with van der Waals surface area (Å²) in [5, 5.41) is 29.5. The standard InChI is InChI=1S/C28H20N4O16S4.4Na/c33-31(34)23-11-7-19(27(15-23)51(43,44)45)3-1-17-5-9-21(13-25(17)49(37,38)39)29-30-22-10-6-18(26(14-22)50(40,41)42)2-4-20-8-12-24(32(35)36)16-28(20)52(46,47)48;;;;/h1-16H,(H,37,38,39)(H,40,41,42)(H,43,44,45)(H,46,47,48);;;;/q;4*+1/p-4. The summed E-state index contributed by atoms with van der Waals surface area (Å²) in [5.41, 5.74) is -3.45. The zero-order valence-corrected chi connectivity index (χ0v) is 40.5. The van der Waals surface area contributed by atoms with Gasteiger partial charge >= 0.3 is 118 Å². The van der Waals surface area contributed by atoms with Crippen molar-refractivity contribution < 1.29 is 180 Å². The molecule has 0 N–H and O–H groups in total. The zero-order valence-electron chi connectivity index (χ0n) is 29.2. The van der Waals surface area contributed by atoms with Crippen LogP contribution in [0, 0.1) is 20.2 Å². The molecule has 0 aliphatic rings. The van der Waals surface area contributed by atoms with Gasteiger partial charge in [0.25, 0.3) is 11.4 Å². The van der Waals surface area contributed by atoms with E-state index in [1.807, 2.05) is 0 Å². The number of non-ortho nitro benzene ring substituents is 2. The van der Waals surface area contributed by atoms with Gasteiger partial charge in [0.2, 0.25) is 0 Å². The number of nitro groups is 2. The Kier molecular flexibility index (Phi) is 21.0. The van der Waals surface area contributed by atoms with Crippen molar-refractivity contribution in [1.29, 1.82) is 0 Å². The maximum atomic E-state index is 12.0. The summed E-state index contributed by atoms with van der Waals surface area (Å²) in [5.74, 6) is 0. The normalized spacial score (nSPS) is 12.0. The first-order chi connectivity index (χ1) is 23.9. The molecule has 4 rings (SSSR count). The molecule has 0 spiro atoms. The molecule has 0 fully saturated rings. The molecule has 0 unspecified atom stereocenters. The molecular formula is C28H16N4Na4O16S4. The van der Waals surface area contributed by atoms with Crippen LogP contribution in [-0.2, 0) is 40.5 Å². The Morgan fingerprint density at radius 1 is 0.411 bits per heavy atom. The number of hydrogen-bond donors (Lipinski definition) is 0. The van der Waals surface area contributed by atoms with Crippen LogP contribution in [0.2, 0.25) is 0 Å². The summed E-state index contributed by atoms with van der Waals surface area (Å²) in [6.45, 7) is 0. The van der Waals surface area contributed by atoms with Crippen molar-refractivity contribution in [1.82, 2.24) is 0 Å². The van der Waals surface area contributed by atoms with Crippen molar-refractivity contribution in [2.45, 2.75) is 19.6 Å². The molecule has 56 heavy (non-hydrogen) atoms. The maximum absolute atomic E-state index is 12.0. The van der Waals surface area contributed by atoms with Crippen molar-refractivity contribution in [3.63, 3.8) is 0 Å². The minimum absolute atomic E-state index is 0. The SMILES string of the molecule is O=[N+]([O-])c1ccc(C=Cc2ccc(N=Nc3ccc(C=Cc4ccc([N+](=O)[O-])cc4S(=O)(=O)[O-])c(S(=O)(=O)[O-])c3)cc2S(=O)(=O)[O-])c(S(=O)(=O)[O-])c1.[Na+].[Na+].[Na+].[Na+]. The molecule has 0 amide bonds.